The largest absolute Gasteiger partial charge is 0.369 e. The summed E-state index contributed by atoms with van der Waals surface area (Å²) in [6.45, 7) is 11.7. The van der Waals surface area contributed by atoms with Crippen molar-refractivity contribution in [1.82, 2.24) is 9.97 Å². The van der Waals surface area contributed by atoms with Gasteiger partial charge in [0.25, 0.3) is 0 Å². The fourth-order valence-corrected chi connectivity index (χ4v) is 1.12. The van der Waals surface area contributed by atoms with Gasteiger partial charge in [-0.25, -0.2) is 4.98 Å². The van der Waals surface area contributed by atoms with Crippen LogP contribution >= 0.6 is 0 Å². The molecule has 3 heteroatoms. The zero-order chi connectivity index (χ0) is 11.5. The van der Waals surface area contributed by atoms with E-state index in [-0.39, 0.29) is 5.41 Å². The van der Waals surface area contributed by atoms with Crippen molar-refractivity contribution in [3.63, 3.8) is 0 Å². The minimum atomic E-state index is 0.0730. The molecule has 0 spiro atoms. The zero-order valence-corrected chi connectivity index (χ0v) is 10.3. The monoisotopic (exact) mass is 207 g/mol. The molecule has 0 atom stereocenters. The summed E-state index contributed by atoms with van der Waals surface area (Å²) in [6, 6.07) is 0. The number of hydrogen-bond acceptors (Lipinski definition) is 3. The van der Waals surface area contributed by atoms with Crippen LogP contribution in [0, 0.1) is 5.92 Å². The van der Waals surface area contributed by atoms with Crippen LogP contribution in [0.15, 0.2) is 12.4 Å². The van der Waals surface area contributed by atoms with Gasteiger partial charge >= 0.3 is 0 Å². The quantitative estimate of drug-likeness (QED) is 0.828. The fraction of sp³-hybridized carbons (Fsp3) is 0.667. The van der Waals surface area contributed by atoms with Gasteiger partial charge in [-0.3, -0.25) is 4.98 Å². The molecule has 1 rings (SSSR count). The van der Waals surface area contributed by atoms with Gasteiger partial charge in [0.15, 0.2) is 0 Å². The van der Waals surface area contributed by atoms with Crippen molar-refractivity contribution in [2.75, 3.05) is 11.9 Å². The normalized spacial score (nSPS) is 11.9. The Morgan fingerprint density at radius 3 is 2.27 bits per heavy atom. The zero-order valence-electron chi connectivity index (χ0n) is 10.3. The molecule has 15 heavy (non-hydrogen) atoms. The van der Waals surface area contributed by atoms with Gasteiger partial charge in [0.2, 0.25) is 0 Å². The molecule has 84 valence electrons. The van der Waals surface area contributed by atoms with Crippen LogP contribution < -0.4 is 5.32 Å². The Labute approximate surface area is 92.3 Å². The van der Waals surface area contributed by atoms with Crippen LogP contribution in [0.1, 0.15) is 40.3 Å². The van der Waals surface area contributed by atoms with Crippen LogP contribution in [0.3, 0.4) is 0 Å². The summed E-state index contributed by atoms with van der Waals surface area (Å²) in [5.41, 5.74) is 1.10. The molecule has 0 bridgehead atoms. The van der Waals surface area contributed by atoms with E-state index in [0.29, 0.717) is 5.92 Å². The molecule has 0 saturated carbocycles. The van der Waals surface area contributed by atoms with Crippen molar-refractivity contribution in [3.8, 4) is 0 Å². The Balaban J connectivity index is 2.65. The first-order valence-corrected chi connectivity index (χ1v) is 5.46. The Bertz CT molecular complexity index is 296. The van der Waals surface area contributed by atoms with Gasteiger partial charge in [-0.05, 0) is 5.92 Å². The topological polar surface area (TPSA) is 37.8 Å². The van der Waals surface area contributed by atoms with Gasteiger partial charge in [0, 0.05) is 12.0 Å². The molecule has 0 amide bonds. The van der Waals surface area contributed by atoms with Crippen molar-refractivity contribution in [2.24, 2.45) is 5.92 Å². The highest BCUT2D eigenvalue weighted by Crippen LogP contribution is 2.19. The second kappa shape index (κ2) is 4.60. The minimum absolute atomic E-state index is 0.0730. The second-order valence-electron chi connectivity index (χ2n) is 5.31. The standard InChI is InChI=1S/C12H21N3/c1-9(2)6-14-11-8-13-10(7-15-11)12(3,4)5/h7-9H,6H2,1-5H3,(H,14,15). The van der Waals surface area contributed by atoms with E-state index in [9.17, 15) is 0 Å². The van der Waals surface area contributed by atoms with Gasteiger partial charge in [-0.15, -0.1) is 0 Å². The highest BCUT2D eigenvalue weighted by Gasteiger charge is 2.15. The predicted molar refractivity (Wildman–Crippen MR) is 64.1 cm³/mol. The smallest absolute Gasteiger partial charge is 0.144 e. The molecule has 0 saturated heterocycles. The minimum Gasteiger partial charge on any atom is -0.369 e. The Hall–Kier alpha value is -1.12. The van der Waals surface area contributed by atoms with Crippen LogP contribution in [0.5, 0.6) is 0 Å². The number of rotatable bonds is 3. The molecule has 1 heterocycles. The highest BCUT2D eigenvalue weighted by molar-refractivity contribution is 5.31. The molecule has 0 fully saturated rings. The number of nitrogens with zero attached hydrogens (tertiary/aromatic N) is 2. The van der Waals surface area contributed by atoms with E-state index in [1.165, 1.54) is 0 Å². The van der Waals surface area contributed by atoms with Gasteiger partial charge in [0.1, 0.15) is 5.82 Å². The van der Waals surface area contributed by atoms with Crippen LogP contribution in [0.25, 0.3) is 0 Å². The molecule has 1 aromatic heterocycles. The lowest BCUT2D eigenvalue weighted by atomic mass is 9.93. The summed E-state index contributed by atoms with van der Waals surface area (Å²) >= 11 is 0. The average Bonchev–Trinajstić information content (AvgIpc) is 2.14. The van der Waals surface area contributed by atoms with Gasteiger partial charge in [0.05, 0.1) is 18.1 Å². The van der Waals surface area contributed by atoms with Crippen LogP contribution in [-0.2, 0) is 5.41 Å². The molecule has 0 unspecified atom stereocenters. The molecule has 1 N–H and O–H groups in total. The molecular weight excluding hydrogens is 186 g/mol. The average molecular weight is 207 g/mol. The number of aromatic nitrogens is 2. The Morgan fingerprint density at radius 2 is 1.87 bits per heavy atom. The van der Waals surface area contributed by atoms with E-state index >= 15 is 0 Å². The maximum Gasteiger partial charge on any atom is 0.144 e. The lowest BCUT2D eigenvalue weighted by Crippen LogP contribution is -2.15. The molecular formula is C12H21N3. The van der Waals surface area contributed by atoms with Crippen molar-refractivity contribution in [1.29, 1.82) is 0 Å². The van der Waals surface area contributed by atoms with E-state index < -0.39 is 0 Å². The molecule has 1 aromatic rings. The number of anilines is 1. The summed E-state index contributed by atoms with van der Waals surface area (Å²) in [7, 11) is 0. The van der Waals surface area contributed by atoms with Crippen molar-refractivity contribution < 1.29 is 0 Å². The maximum atomic E-state index is 4.40. The van der Waals surface area contributed by atoms with Crippen LogP contribution in [0.2, 0.25) is 0 Å². The lowest BCUT2D eigenvalue weighted by molar-refractivity contribution is 0.565. The van der Waals surface area contributed by atoms with E-state index in [1.54, 1.807) is 0 Å². The predicted octanol–water partition coefficient (Wildman–Crippen LogP) is 2.84. The summed E-state index contributed by atoms with van der Waals surface area (Å²) in [5.74, 6) is 1.48. The second-order valence-corrected chi connectivity index (χ2v) is 5.31. The Morgan fingerprint density at radius 1 is 1.20 bits per heavy atom. The Kier molecular flexibility index (Phi) is 3.66. The van der Waals surface area contributed by atoms with Crippen LogP contribution in [-0.4, -0.2) is 16.5 Å². The van der Waals surface area contributed by atoms with E-state index in [0.717, 1.165) is 18.1 Å². The first kappa shape index (κ1) is 12.0. The summed E-state index contributed by atoms with van der Waals surface area (Å²) in [4.78, 5) is 8.75. The highest BCUT2D eigenvalue weighted by atomic mass is 15.0. The summed E-state index contributed by atoms with van der Waals surface area (Å²) in [5, 5.41) is 3.25. The van der Waals surface area contributed by atoms with Gasteiger partial charge in [-0.1, -0.05) is 34.6 Å². The molecule has 0 radical (unpaired) electrons. The van der Waals surface area contributed by atoms with Crippen LogP contribution in [0.4, 0.5) is 5.82 Å². The SMILES string of the molecule is CC(C)CNc1cnc(C(C)(C)C)cn1. The number of nitrogens with one attached hydrogen (secondary N) is 1. The molecule has 0 aliphatic heterocycles. The first-order chi connectivity index (χ1) is 6.89. The molecule has 0 aliphatic rings. The molecule has 3 nitrogen and oxygen atoms in total. The van der Waals surface area contributed by atoms with Crippen molar-refractivity contribution in [2.45, 2.75) is 40.0 Å². The third kappa shape index (κ3) is 3.86. The van der Waals surface area contributed by atoms with E-state index in [1.807, 2.05) is 12.4 Å². The van der Waals surface area contributed by atoms with Gasteiger partial charge in [-0.2, -0.15) is 0 Å². The van der Waals surface area contributed by atoms with E-state index in [2.05, 4.69) is 49.9 Å². The summed E-state index contributed by atoms with van der Waals surface area (Å²) < 4.78 is 0. The van der Waals surface area contributed by atoms with Gasteiger partial charge < -0.3 is 5.32 Å². The van der Waals surface area contributed by atoms with Crippen molar-refractivity contribution in [3.05, 3.63) is 18.1 Å². The fourth-order valence-electron chi connectivity index (χ4n) is 1.12. The maximum absolute atomic E-state index is 4.40. The lowest BCUT2D eigenvalue weighted by Gasteiger charge is -2.17. The van der Waals surface area contributed by atoms with E-state index in [4.69, 9.17) is 0 Å². The number of hydrogen-bond donors (Lipinski definition) is 1. The third-order valence-electron chi connectivity index (χ3n) is 2.11. The van der Waals surface area contributed by atoms with Crippen molar-refractivity contribution >= 4 is 5.82 Å². The summed E-state index contributed by atoms with van der Waals surface area (Å²) in [6.07, 6.45) is 3.66. The third-order valence-corrected chi connectivity index (χ3v) is 2.11. The molecule has 0 aliphatic carbocycles. The molecule has 0 aromatic carbocycles. The first-order valence-electron chi connectivity index (χ1n) is 5.46.